The van der Waals surface area contributed by atoms with Crippen molar-refractivity contribution in [1.29, 1.82) is 0 Å². The van der Waals surface area contributed by atoms with Crippen LogP contribution in [0.1, 0.15) is 12.8 Å². The largest absolute Gasteiger partial charge is 0.469 e. The first kappa shape index (κ1) is 12.3. The lowest BCUT2D eigenvalue weighted by Crippen LogP contribution is -2.27. The van der Waals surface area contributed by atoms with E-state index in [1.807, 2.05) is 0 Å². The fourth-order valence-electron chi connectivity index (χ4n) is 2.57. The predicted octanol–water partition coefficient (Wildman–Crippen LogP) is 0.102. The zero-order chi connectivity index (χ0) is 12.5. The maximum absolute atomic E-state index is 11.6. The molecule has 1 aliphatic carbocycles. The molecule has 2 aliphatic rings. The Hall–Kier alpha value is -1.14. The monoisotopic (exact) mass is 244 g/mol. The molecule has 0 amide bonds. The molecule has 2 fully saturated rings. The minimum atomic E-state index is -0.808. The maximum Gasteiger partial charge on any atom is 0.309 e. The van der Waals surface area contributed by atoms with Gasteiger partial charge in [-0.3, -0.25) is 9.59 Å². The van der Waals surface area contributed by atoms with E-state index in [0.717, 1.165) is 0 Å². The van der Waals surface area contributed by atoms with E-state index in [9.17, 15) is 9.59 Å². The van der Waals surface area contributed by atoms with E-state index in [1.54, 1.807) is 0 Å². The summed E-state index contributed by atoms with van der Waals surface area (Å²) in [7, 11) is 2.61. The number of esters is 2. The van der Waals surface area contributed by atoms with Crippen LogP contribution in [-0.4, -0.2) is 45.2 Å². The summed E-state index contributed by atoms with van der Waals surface area (Å²) in [6.07, 6.45) is 0.693. The van der Waals surface area contributed by atoms with Crippen LogP contribution in [0.3, 0.4) is 0 Å². The number of carbonyl (C=O) groups is 2. The van der Waals surface area contributed by atoms with E-state index in [4.69, 9.17) is 18.9 Å². The summed E-state index contributed by atoms with van der Waals surface area (Å²) in [5.41, 5.74) is 0. The molecule has 0 aromatic rings. The molecule has 1 spiro atoms. The van der Waals surface area contributed by atoms with Gasteiger partial charge in [-0.05, 0) is 0 Å². The fraction of sp³-hybridized carbons (Fsp3) is 0.818. The summed E-state index contributed by atoms with van der Waals surface area (Å²) < 4.78 is 20.4. The van der Waals surface area contributed by atoms with Crippen LogP contribution in [0.5, 0.6) is 0 Å². The van der Waals surface area contributed by atoms with Crippen molar-refractivity contribution in [2.24, 2.45) is 11.8 Å². The van der Waals surface area contributed by atoms with E-state index in [-0.39, 0.29) is 0 Å². The summed E-state index contributed by atoms with van der Waals surface area (Å²) in [4.78, 5) is 23.3. The number of carbonyl (C=O) groups excluding carboxylic acids is 2. The highest BCUT2D eigenvalue weighted by Gasteiger charge is 2.55. The van der Waals surface area contributed by atoms with E-state index in [2.05, 4.69) is 0 Å². The molecule has 6 heteroatoms. The van der Waals surface area contributed by atoms with Crippen LogP contribution < -0.4 is 0 Å². The van der Waals surface area contributed by atoms with Crippen LogP contribution in [0.4, 0.5) is 0 Å². The van der Waals surface area contributed by atoms with Crippen molar-refractivity contribution >= 4 is 11.9 Å². The van der Waals surface area contributed by atoms with Crippen molar-refractivity contribution in [3.05, 3.63) is 0 Å². The van der Waals surface area contributed by atoms with Gasteiger partial charge in [0.05, 0.1) is 39.3 Å². The van der Waals surface area contributed by atoms with Crippen molar-refractivity contribution in [3.8, 4) is 0 Å². The maximum atomic E-state index is 11.6. The first-order chi connectivity index (χ1) is 8.12. The Bertz CT molecular complexity index is 294. The van der Waals surface area contributed by atoms with Gasteiger partial charge in [0.15, 0.2) is 5.79 Å². The Kier molecular flexibility index (Phi) is 3.35. The van der Waals surface area contributed by atoms with Gasteiger partial charge in [-0.2, -0.15) is 0 Å². The molecule has 0 bridgehead atoms. The molecule has 0 aromatic carbocycles. The molecule has 17 heavy (non-hydrogen) atoms. The Balaban J connectivity index is 2.17. The SMILES string of the molecule is COC(=O)C1CC2(CC1C(=O)OC)OCCO2. The van der Waals surface area contributed by atoms with Gasteiger partial charge >= 0.3 is 11.9 Å². The normalized spacial score (nSPS) is 30.5. The minimum Gasteiger partial charge on any atom is -0.469 e. The lowest BCUT2D eigenvalue weighted by atomic mass is 9.96. The second-order valence-electron chi connectivity index (χ2n) is 4.28. The summed E-state index contributed by atoms with van der Waals surface area (Å²) in [5.74, 6) is -2.75. The molecule has 2 rings (SSSR count). The van der Waals surface area contributed by atoms with Crippen LogP contribution in [0.25, 0.3) is 0 Å². The summed E-state index contributed by atoms with van der Waals surface area (Å²) in [6.45, 7) is 0.976. The molecule has 96 valence electrons. The van der Waals surface area contributed by atoms with E-state index < -0.39 is 29.6 Å². The first-order valence-electron chi connectivity index (χ1n) is 5.55. The van der Waals surface area contributed by atoms with Crippen LogP contribution in [0.2, 0.25) is 0 Å². The third kappa shape index (κ3) is 2.14. The highest BCUT2D eigenvalue weighted by atomic mass is 16.7. The third-order valence-corrected chi connectivity index (χ3v) is 3.37. The van der Waals surface area contributed by atoms with Crippen molar-refractivity contribution in [2.45, 2.75) is 18.6 Å². The van der Waals surface area contributed by atoms with Crippen LogP contribution in [-0.2, 0) is 28.5 Å². The Morgan fingerprint density at radius 2 is 1.41 bits per heavy atom. The molecular weight excluding hydrogens is 228 g/mol. The Morgan fingerprint density at radius 3 is 1.76 bits per heavy atom. The molecule has 1 heterocycles. The fourth-order valence-corrected chi connectivity index (χ4v) is 2.57. The van der Waals surface area contributed by atoms with Gasteiger partial charge in [0.1, 0.15) is 0 Å². The highest BCUT2D eigenvalue weighted by molar-refractivity contribution is 5.83. The number of ether oxygens (including phenoxy) is 4. The number of hydrogen-bond donors (Lipinski definition) is 0. The molecule has 0 radical (unpaired) electrons. The van der Waals surface area contributed by atoms with Gasteiger partial charge in [-0.15, -0.1) is 0 Å². The van der Waals surface area contributed by atoms with Crippen molar-refractivity contribution in [1.82, 2.24) is 0 Å². The summed E-state index contributed by atoms with van der Waals surface area (Å²) in [5, 5.41) is 0. The summed E-state index contributed by atoms with van der Waals surface area (Å²) >= 11 is 0. The number of rotatable bonds is 2. The van der Waals surface area contributed by atoms with Gasteiger partial charge in [0, 0.05) is 12.8 Å². The molecule has 1 saturated carbocycles. The number of methoxy groups -OCH3 is 2. The van der Waals surface area contributed by atoms with Gasteiger partial charge in [-0.1, -0.05) is 0 Å². The second kappa shape index (κ2) is 4.62. The van der Waals surface area contributed by atoms with E-state index in [1.165, 1.54) is 14.2 Å². The lowest BCUT2D eigenvalue weighted by molar-refractivity contribution is -0.162. The molecule has 2 atom stereocenters. The van der Waals surface area contributed by atoms with Gasteiger partial charge in [0.25, 0.3) is 0 Å². The standard InChI is InChI=1S/C11H16O6/c1-14-9(12)7-5-11(16-3-4-17-11)6-8(7)10(13)15-2/h7-8H,3-6H2,1-2H3. The topological polar surface area (TPSA) is 71.1 Å². The molecule has 1 saturated heterocycles. The predicted molar refractivity (Wildman–Crippen MR) is 54.9 cm³/mol. The van der Waals surface area contributed by atoms with Crippen molar-refractivity contribution < 1.29 is 28.5 Å². The number of hydrogen-bond acceptors (Lipinski definition) is 6. The molecule has 6 nitrogen and oxygen atoms in total. The molecule has 2 unspecified atom stereocenters. The van der Waals surface area contributed by atoms with Crippen LogP contribution in [0, 0.1) is 11.8 Å². The Labute approximate surface area is 99.2 Å². The molecular formula is C11H16O6. The average molecular weight is 244 g/mol. The van der Waals surface area contributed by atoms with Crippen molar-refractivity contribution in [3.63, 3.8) is 0 Å². The van der Waals surface area contributed by atoms with E-state index in [0.29, 0.717) is 26.1 Å². The molecule has 0 aromatic heterocycles. The first-order valence-corrected chi connectivity index (χ1v) is 5.55. The zero-order valence-corrected chi connectivity index (χ0v) is 9.93. The summed E-state index contributed by atoms with van der Waals surface area (Å²) in [6, 6.07) is 0. The molecule has 0 N–H and O–H groups in total. The smallest absolute Gasteiger partial charge is 0.309 e. The van der Waals surface area contributed by atoms with Crippen molar-refractivity contribution in [2.75, 3.05) is 27.4 Å². The quantitative estimate of drug-likeness (QED) is 0.642. The van der Waals surface area contributed by atoms with Gasteiger partial charge in [0.2, 0.25) is 0 Å². The lowest BCUT2D eigenvalue weighted by Gasteiger charge is -2.20. The Morgan fingerprint density at radius 1 is 1.00 bits per heavy atom. The van der Waals surface area contributed by atoms with E-state index >= 15 is 0 Å². The zero-order valence-electron chi connectivity index (χ0n) is 9.93. The average Bonchev–Trinajstić information content (AvgIpc) is 2.95. The molecule has 1 aliphatic heterocycles. The minimum absolute atomic E-state index is 0.347. The van der Waals surface area contributed by atoms with Crippen LogP contribution >= 0.6 is 0 Å². The van der Waals surface area contributed by atoms with Crippen LogP contribution in [0.15, 0.2) is 0 Å². The highest BCUT2D eigenvalue weighted by Crippen LogP contribution is 2.45. The van der Waals surface area contributed by atoms with Gasteiger partial charge < -0.3 is 18.9 Å². The third-order valence-electron chi connectivity index (χ3n) is 3.37. The second-order valence-corrected chi connectivity index (χ2v) is 4.28. The van der Waals surface area contributed by atoms with Gasteiger partial charge in [-0.25, -0.2) is 0 Å².